The number of hydrogen-bond acceptors (Lipinski definition) is 4. The molecule has 0 spiro atoms. The molecule has 0 bridgehead atoms. The highest BCUT2D eigenvalue weighted by molar-refractivity contribution is 5.31. The number of furan rings is 1. The Kier molecular flexibility index (Phi) is 4.86. The standard InChI is InChI=1S/C15H19NO3/c1-2-7-17-13-3-5-14(6-4-13)19-11-15-8-12(9-16)10-18-15/h3-6,8,10H,2,7,9,11,16H2,1H3. The van der Waals surface area contributed by atoms with E-state index in [-0.39, 0.29) is 0 Å². The first kappa shape index (κ1) is 13.5. The predicted molar refractivity (Wildman–Crippen MR) is 73.2 cm³/mol. The third kappa shape index (κ3) is 4.03. The minimum atomic E-state index is 0.398. The molecule has 19 heavy (non-hydrogen) atoms. The van der Waals surface area contributed by atoms with Crippen molar-refractivity contribution in [1.29, 1.82) is 0 Å². The van der Waals surface area contributed by atoms with Crippen LogP contribution in [0.2, 0.25) is 0 Å². The fraction of sp³-hybridized carbons (Fsp3) is 0.333. The minimum Gasteiger partial charge on any atom is -0.494 e. The minimum absolute atomic E-state index is 0.398. The van der Waals surface area contributed by atoms with Gasteiger partial charge >= 0.3 is 0 Å². The van der Waals surface area contributed by atoms with E-state index in [0.29, 0.717) is 13.2 Å². The van der Waals surface area contributed by atoms with Gasteiger partial charge in [0, 0.05) is 12.1 Å². The quantitative estimate of drug-likeness (QED) is 0.832. The molecule has 0 fully saturated rings. The summed E-state index contributed by atoms with van der Waals surface area (Å²) >= 11 is 0. The fourth-order valence-electron chi connectivity index (χ4n) is 1.62. The van der Waals surface area contributed by atoms with Gasteiger partial charge in [-0.3, -0.25) is 0 Å². The monoisotopic (exact) mass is 261 g/mol. The van der Waals surface area contributed by atoms with Crippen LogP contribution < -0.4 is 15.2 Å². The van der Waals surface area contributed by atoms with Crippen LogP contribution in [0.3, 0.4) is 0 Å². The zero-order chi connectivity index (χ0) is 13.5. The molecule has 102 valence electrons. The Balaban J connectivity index is 1.85. The number of rotatable bonds is 7. The van der Waals surface area contributed by atoms with Gasteiger partial charge < -0.3 is 19.6 Å². The Morgan fingerprint density at radius 1 is 1.11 bits per heavy atom. The third-order valence-electron chi connectivity index (χ3n) is 2.62. The van der Waals surface area contributed by atoms with E-state index in [0.717, 1.165) is 35.9 Å². The van der Waals surface area contributed by atoms with Gasteiger partial charge in [-0.25, -0.2) is 0 Å². The van der Waals surface area contributed by atoms with Gasteiger partial charge in [0.25, 0.3) is 0 Å². The van der Waals surface area contributed by atoms with Crippen molar-refractivity contribution in [3.05, 3.63) is 47.9 Å². The first-order valence-corrected chi connectivity index (χ1v) is 6.44. The lowest BCUT2D eigenvalue weighted by Gasteiger charge is -2.07. The van der Waals surface area contributed by atoms with Gasteiger partial charge in [-0.1, -0.05) is 6.92 Å². The van der Waals surface area contributed by atoms with E-state index in [1.165, 1.54) is 0 Å². The van der Waals surface area contributed by atoms with Crippen molar-refractivity contribution in [1.82, 2.24) is 0 Å². The Morgan fingerprint density at radius 3 is 2.37 bits per heavy atom. The lowest BCUT2D eigenvalue weighted by Crippen LogP contribution is -1.96. The molecule has 1 aromatic carbocycles. The van der Waals surface area contributed by atoms with E-state index < -0.39 is 0 Å². The van der Waals surface area contributed by atoms with Crippen LogP contribution in [0.15, 0.2) is 41.0 Å². The summed E-state index contributed by atoms with van der Waals surface area (Å²) in [6.45, 7) is 3.69. The Bertz CT molecular complexity index is 490. The average molecular weight is 261 g/mol. The molecule has 0 atom stereocenters. The van der Waals surface area contributed by atoms with Crippen LogP contribution in [0.5, 0.6) is 11.5 Å². The van der Waals surface area contributed by atoms with Crippen LogP contribution in [0.1, 0.15) is 24.7 Å². The topological polar surface area (TPSA) is 57.6 Å². The predicted octanol–water partition coefficient (Wildman–Crippen LogP) is 3.11. The maximum absolute atomic E-state index is 5.62. The van der Waals surface area contributed by atoms with Gasteiger partial charge in [0.15, 0.2) is 0 Å². The molecular weight excluding hydrogens is 242 g/mol. The van der Waals surface area contributed by atoms with Crippen molar-refractivity contribution >= 4 is 0 Å². The highest BCUT2D eigenvalue weighted by Crippen LogP contribution is 2.19. The molecule has 0 aliphatic carbocycles. The molecule has 4 nitrogen and oxygen atoms in total. The summed E-state index contributed by atoms with van der Waals surface area (Å²) in [5.41, 5.74) is 6.49. The molecule has 0 saturated heterocycles. The summed E-state index contributed by atoms with van der Waals surface area (Å²) < 4.78 is 16.4. The van der Waals surface area contributed by atoms with Crippen molar-refractivity contribution in [2.75, 3.05) is 6.61 Å². The molecule has 0 saturated carbocycles. The largest absolute Gasteiger partial charge is 0.494 e. The lowest BCUT2D eigenvalue weighted by molar-refractivity contribution is 0.269. The summed E-state index contributed by atoms with van der Waals surface area (Å²) in [5.74, 6) is 2.42. The molecule has 0 aliphatic heterocycles. The Labute approximate surface area is 113 Å². The first-order chi connectivity index (χ1) is 9.31. The van der Waals surface area contributed by atoms with Crippen LogP contribution >= 0.6 is 0 Å². The van der Waals surface area contributed by atoms with E-state index in [1.54, 1.807) is 6.26 Å². The number of nitrogens with two attached hydrogens (primary N) is 1. The Morgan fingerprint density at radius 2 is 1.79 bits per heavy atom. The normalized spacial score (nSPS) is 10.4. The summed E-state index contributed by atoms with van der Waals surface area (Å²) in [4.78, 5) is 0. The van der Waals surface area contributed by atoms with Gasteiger partial charge in [-0.2, -0.15) is 0 Å². The summed E-state index contributed by atoms with van der Waals surface area (Å²) in [6.07, 6.45) is 2.65. The number of ether oxygens (including phenoxy) is 2. The second-order valence-corrected chi connectivity index (χ2v) is 4.23. The fourth-order valence-corrected chi connectivity index (χ4v) is 1.62. The maximum Gasteiger partial charge on any atom is 0.146 e. The maximum atomic E-state index is 5.62. The van der Waals surface area contributed by atoms with E-state index in [1.807, 2.05) is 30.3 Å². The molecule has 0 amide bonds. The molecule has 0 unspecified atom stereocenters. The number of hydrogen-bond donors (Lipinski definition) is 1. The number of benzene rings is 1. The van der Waals surface area contributed by atoms with Crippen molar-refractivity contribution in [3.63, 3.8) is 0 Å². The van der Waals surface area contributed by atoms with Crippen molar-refractivity contribution in [2.24, 2.45) is 5.73 Å². The second kappa shape index (κ2) is 6.85. The smallest absolute Gasteiger partial charge is 0.146 e. The van der Waals surface area contributed by atoms with Crippen LogP contribution in [0, 0.1) is 0 Å². The zero-order valence-electron chi connectivity index (χ0n) is 11.1. The van der Waals surface area contributed by atoms with E-state index in [2.05, 4.69) is 6.92 Å². The molecular formula is C15H19NO3. The highest BCUT2D eigenvalue weighted by atomic mass is 16.5. The van der Waals surface area contributed by atoms with Crippen molar-refractivity contribution in [3.8, 4) is 11.5 Å². The summed E-state index contributed by atoms with van der Waals surface area (Å²) in [7, 11) is 0. The van der Waals surface area contributed by atoms with E-state index >= 15 is 0 Å². The van der Waals surface area contributed by atoms with Gasteiger partial charge in [-0.15, -0.1) is 0 Å². The first-order valence-electron chi connectivity index (χ1n) is 6.44. The molecule has 2 rings (SSSR count). The van der Waals surface area contributed by atoms with Crippen LogP contribution in [0.4, 0.5) is 0 Å². The SMILES string of the molecule is CCCOc1ccc(OCc2cc(CN)co2)cc1. The van der Waals surface area contributed by atoms with Gasteiger partial charge in [0.05, 0.1) is 12.9 Å². The third-order valence-corrected chi connectivity index (χ3v) is 2.62. The average Bonchev–Trinajstić information content (AvgIpc) is 2.92. The lowest BCUT2D eigenvalue weighted by atomic mass is 10.3. The summed E-state index contributed by atoms with van der Waals surface area (Å²) in [6, 6.07) is 9.48. The van der Waals surface area contributed by atoms with Crippen LogP contribution in [-0.4, -0.2) is 6.61 Å². The molecule has 2 N–H and O–H groups in total. The van der Waals surface area contributed by atoms with Crippen molar-refractivity contribution in [2.45, 2.75) is 26.5 Å². The molecule has 4 heteroatoms. The van der Waals surface area contributed by atoms with Gasteiger partial charge in [0.1, 0.15) is 23.9 Å². The van der Waals surface area contributed by atoms with E-state index in [4.69, 9.17) is 19.6 Å². The molecule has 0 radical (unpaired) electrons. The highest BCUT2D eigenvalue weighted by Gasteiger charge is 2.02. The molecule has 2 aromatic rings. The Hall–Kier alpha value is -1.94. The van der Waals surface area contributed by atoms with Crippen LogP contribution in [-0.2, 0) is 13.2 Å². The zero-order valence-corrected chi connectivity index (χ0v) is 11.1. The molecule has 1 aromatic heterocycles. The van der Waals surface area contributed by atoms with E-state index in [9.17, 15) is 0 Å². The van der Waals surface area contributed by atoms with Gasteiger partial charge in [0.2, 0.25) is 0 Å². The summed E-state index contributed by atoms with van der Waals surface area (Å²) in [5, 5.41) is 0. The van der Waals surface area contributed by atoms with Crippen LogP contribution in [0.25, 0.3) is 0 Å². The molecule has 0 aliphatic rings. The second-order valence-electron chi connectivity index (χ2n) is 4.23. The van der Waals surface area contributed by atoms with Gasteiger partial charge in [-0.05, 0) is 36.8 Å². The van der Waals surface area contributed by atoms with Crippen molar-refractivity contribution < 1.29 is 13.9 Å². The molecule has 1 heterocycles.